The molecule has 1 aliphatic heterocycles. The molecule has 1 aliphatic rings. The van der Waals surface area contributed by atoms with Gasteiger partial charge in [0.05, 0.1) is 18.3 Å². The Labute approximate surface area is 112 Å². The van der Waals surface area contributed by atoms with E-state index in [1.807, 2.05) is 13.8 Å². The van der Waals surface area contributed by atoms with E-state index in [0.29, 0.717) is 25.6 Å². The molecule has 18 heavy (non-hydrogen) atoms. The maximum Gasteiger partial charge on any atom is 0.0900 e. The third-order valence-corrected chi connectivity index (χ3v) is 3.58. The summed E-state index contributed by atoms with van der Waals surface area (Å²) >= 11 is 0. The molecule has 3 heteroatoms. The lowest BCUT2D eigenvalue weighted by Crippen LogP contribution is -2.44. The molecule has 1 N–H and O–H groups in total. The second-order valence-corrected chi connectivity index (χ2v) is 5.95. The molecule has 104 valence electrons. The topological polar surface area (TPSA) is 32.7 Å². The quantitative estimate of drug-likeness (QED) is 0.735. The van der Waals surface area contributed by atoms with E-state index in [9.17, 15) is 5.11 Å². The molecule has 0 aromatic heterocycles. The molecule has 1 heterocycles. The van der Waals surface area contributed by atoms with Crippen molar-refractivity contribution >= 4 is 0 Å². The Morgan fingerprint density at radius 2 is 2.22 bits per heavy atom. The fourth-order valence-corrected chi connectivity index (χ4v) is 2.37. The predicted octanol–water partition coefficient (Wildman–Crippen LogP) is 2.04. The van der Waals surface area contributed by atoms with Crippen LogP contribution in [0.5, 0.6) is 0 Å². The number of hydrogen-bond donors (Lipinski definition) is 1. The largest absolute Gasteiger partial charge is 0.389 e. The van der Waals surface area contributed by atoms with Gasteiger partial charge in [0.1, 0.15) is 0 Å². The fourth-order valence-electron chi connectivity index (χ4n) is 2.37. The van der Waals surface area contributed by atoms with Crippen LogP contribution in [0.4, 0.5) is 0 Å². The highest BCUT2D eigenvalue weighted by molar-refractivity contribution is 4.92. The molecule has 0 amide bonds. The van der Waals surface area contributed by atoms with Gasteiger partial charge in [-0.2, -0.15) is 0 Å². The number of aliphatic hydroxyl groups excluding tert-OH is 1. The summed E-state index contributed by atoms with van der Waals surface area (Å²) in [7, 11) is 0. The van der Waals surface area contributed by atoms with Gasteiger partial charge in [0, 0.05) is 19.0 Å². The van der Waals surface area contributed by atoms with Crippen molar-refractivity contribution in [1.82, 2.24) is 4.90 Å². The lowest BCUT2D eigenvalue weighted by Gasteiger charge is -2.35. The van der Waals surface area contributed by atoms with Crippen LogP contribution in [0.2, 0.25) is 0 Å². The molecule has 0 aromatic rings. The summed E-state index contributed by atoms with van der Waals surface area (Å²) in [5.74, 6) is 2.60. The first-order valence-electron chi connectivity index (χ1n) is 6.94. The summed E-state index contributed by atoms with van der Waals surface area (Å²) in [6, 6.07) is 0.576. The summed E-state index contributed by atoms with van der Waals surface area (Å²) in [4.78, 5) is 2.35. The Hall–Kier alpha value is -0.560. The molecule has 3 nitrogen and oxygen atoms in total. The highest BCUT2D eigenvalue weighted by Crippen LogP contribution is 2.18. The molecule has 1 fully saturated rings. The van der Waals surface area contributed by atoms with Gasteiger partial charge in [0.25, 0.3) is 0 Å². The van der Waals surface area contributed by atoms with Crippen molar-refractivity contribution in [2.24, 2.45) is 0 Å². The van der Waals surface area contributed by atoms with E-state index in [-0.39, 0.29) is 5.60 Å². The minimum atomic E-state index is -0.428. The van der Waals surface area contributed by atoms with E-state index in [0.717, 1.165) is 6.54 Å². The average molecular weight is 253 g/mol. The smallest absolute Gasteiger partial charge is 0.0900 e. The molecule has 0 unspecified atom stereocenters. The lowest BCUT2D eigenvalue weighted by atomic mass is 10.0. The summed E-state index contributed by atoms with van der Waals surface area (Å²) in [5, 5.41) is 10.0. The number of piperidine rings is 1. The maximum absolute atomic E-state index is 10.0. The zero-order chi connectivity index (χ0) is 13.6. The minimum absolute atomic E-state index is 0.344. The molecule has 0 radical (unpaired) electrons. The molecule has 0 aromatic carbocycles. The van der Waals surface area contributed by atoms with Crippen LogP contribution in [0, 0.1) is 12.3 Å². The monoisotopic (exact) mass is 253 g/mol. The summed E-state index contributed by atoms with van der Waals surface area (Å²) in [5.41, 5.74) is -0.344. The van der Waals surface area contributed by atoms with E-state index in [2.05, 4.69) is 17.7 Å². The van der Waals surface area contributed by atoms with Crippen LogP contribution in [-0.2, 0) is 4.74 Å². The molecule has 0 saturated carbocycles. The van der Waals surface area contributed by atoms with E-state index < -0.39 is 6.10 Å². The number of ether oxygens (including phenoxy) is 1. The molecular formula is C15H27NO2. The van der Waals surface area contributed by atoms with Gasteiger partial charge >= 0.3 is 0 Å². The zero-order valence-corrected chi connectivity index (χ0v) is 12.0. The molecular weight excluding hydrogens is 226 g/mol. The Morgan fingerprint density at radius 3 is 2.83 bits per heavy atom. The van der Waals surface area contributed by atoms with Gasteiger partial charge in [-0.05, 0) is 40.2 Å². The van der Waals surface area contributed by atoms with Gasteiger partial charge in [0.15, 0.2) is 0 Å². The van der Waals surface area contributed by atoms with E-state index in [1.54, 1.807) is 0 Å². The number of hydrogen-bond acceptors (Lipinski definition) is 3. The number of rotatable bonds is 6. The van der Waals surface area contributed by atoms with E-state index >= 15 is 0 Å². The van der Waals surface area contributed by atoms with Crippen LogP contribution in [0.25, 0.3) is 0 Å². The Balaban J connectivity index is 2.28. The summed E-state index contributed by atoms with van der Waals surface area (Å²) in [6.07, 6.45) is 9.20. The zero-order valence-electron chi connectivity index (χ0n) is 12.0. The molecule has 1 saturated heterocycles. The highest BCUT2D eigenvalue weighted by Gasteiger charge is 2.23. The first-order valence-corrected chi connectivity index (χ1v) is 6.94. The minimum Gasteiger partial charge on any atom is -0.389 e. The van der Waals surface area contributed by atoms with E-state index in [4.69, 9.17) is 11.2 Å². The Morgan fingerprint density at radius 1 is 1.50 bits per heavy atom. The van der Waals surface area contributed by atoms with Crippen molar-refractivity contribution in [3.63, 3.8) is 0 Å². The van der Waals surface area contributed by atoms with E-state index in [1.165, 1.54) is 19.3 Å². The van der Waals surface area contributed by atoms with Crippen LogP contribution < -0.4 is 0 Å². The van der Waals surface area contributed by atoms with Gasteiger partial charge in [-0.25, -0.2) is 0 Å². The van der Waals surface area contributed by atoms with Crippen LogP contribution in [0.15, 0.2) is 0 Å². The first-order chi connectivity index (χ1) is 8.44. The third kappa shape index (κ3) is 5.39. The molecule has 0 bridgehead atoms. The van der Waals surface area contributed by atoms with Gasteiger partial charge in [0.2, 0.25) is 0 Å². The van der Waals surface area contributed by atoms with Gasteiger partial charge in [-0.3, -0.25) is 4.90 Å². The maximum atomic E-state index is 10.0. The third-order valence-electron chi connectivity index (χ3n) is 3.58. The standard InChI is InChI=1S/C15H27NO2/c1-5-9-15(3,4)18-12-14(17)11-16-10-7-6-8-13(16)2/h1,13-14,17H,6-12H2,2-4H3/t13-,14+/m1/s1. The summed E-state index contributed by atoms with van der Waals surface area (Å²) in [6.45, 7) is 8.30. The van der Waals surface area contributed by atoms with Gasteiger partial charge in [-0.1, -0.05) is 6.42 Å². The van der Waals surface area contributed by atoms with Gasteiger partial charge < -0.3 is 9.84 Å². The predicted molar refractivity (Wildman–Crippen MR) is 74.4 cm³/mol. The number of terminal acetylenes is 1. The second-order valence-electron chi connectivity index (χ2n) is 5.95. The average Bonchev–Trinajstić information content (AvgIpc) is 2.30. The van der Waals surface area contributed by atoms with Crippen LogP contribution in [0.3, 0.4) is 0 Å². The number of aliphatic hydroxyl groups is 1. The number of β-amino-alcohol motifs (C(OH)–C–C–N with tert-alkyl or cyclic N) is 1. The normalized spacial score (nSPS) is 23.6. The number of nitrogens with zero attached hydrogens (tertiary/aromatic N) is 1. The van der Waals surface area contributed by atoms with Crippen molar-refractivity contribution in [3.05, 3.63) is 0 Å². The number of likely N-dealkylation sites (tertiary alicyclic amines) is 1. The van der Waals surface area contributed by atoms with Crippen molar-refractivity contribution in [2.45, 2.75) is 64.2 Å². The van der Waals surface area contributed by atoms with Gasteiger partial charge in [-0.15, -0.1) is 12.3 Å². The summed E-state index contributed by atoms with van der Waals surface area (Å²) < 4.78 is 5.69. The molecule has 2 atom stereocenters. The lowest BCUT2D eigenvalue weighted by molar-refractivity contribution is -0.0665. The van der Waals surface area contributed by atoms with Crippen molar-refractivity contribution < 1.29 is 9.84 Å². The van der Waals surface area contributed by atoms with Crippen LogP contribution >= 0.6 is 0 Å². The molecule has 0 aliphatic carbocycles. The van der Waals surface area contributed by atoms with Crippen molar-refractivity contribution in [3.8, 4) is 12.3 Å². The first kappa shape index (κ1) is 15.5. The Bertz CT molecular complexity index is 283. The van der Waals surface area contributed by atoms with Crippen LogP contribution in [0.1, 0.15) is 46.5 Å². The fraction of sp³-hybridized carbons (Fsp3) is 0.867. The highest BCUT2D eigenvalue weighted by atomic mass is 16.5. The SMILES string of the molecule is C#CCC(C)(C)OC[C@@H](O)CN1CCCC[C@H]1C. The molecule has 0 spiro atoms. The van der Waals surface area contributed by atoms with Crippen molar-refractivity contribution in [2.75, 3.05) is 19.7 Å². The molecule has 1 rings (SSSR count). The second kappa shape index (κ2) is 7.13. The van der Waals surface area contributed by atoms with Crippen molar-refractivity contribution in [1.29, 1.82) is 0 Å². The Kier molecular flexibility index (Phi) is 6.14. The van der Waals surface area contributed by atoms with Crippen LogP contribution in [-0.4, -0.2) is 47.4 Å².